The maximum Gasteiger partial charge on any atom is 0.166 e. The van der Waals surface area contributed by atoms with E-state index in [4.69, 9.17) is 10.5 Å². The van der Waals surface area contributed by atoms with Gasteiger partial charge in [-0.1, -0.05) is 13.8 Å². The lowest BCUT2D eigenvalue weighted by Gasteiger charge is -2.28. The molecule has 0 aliphatic heterocycles. The highest BCUT2D eigenvalue weighted by Crippen LogP contribution is 2.33. The first-order valence-electron chi connectivity index (χ1n) is 4.97. The first-order chi connectivity index (χ1) is 7.39. The summed E-state index contributed by atoms with van der Waals surface area (Å²) in [6.45, 7) is 3.71. The fraction of sp³-hybridized carbons (Fsp3) is 0.500. The van der Waals surface area contributed by atoms with Gasteiger partial charge >= 0.3 is 0 Å². The summed E-state index contributed by atoms with van der Waals surface area (Å²) >= 11 is 0. The molecule has 0 bridgehead atoms. The summed E-state index contributed by atoms with van der Waals surface area (Å²) < 4.78 is 0. The van der Waals surface area contributed by atoms with Gasteiger partial charge in [0.2, 0.25) is 0 Å². The molecule has 0 saturated heterocycles. The maximum atomic E-state index is 11.7. The van der Waals surface area contributed by atoms with Gasteiger partial charge in [-0.2, -0.15) is 10.5 Å². The van der Waals surface area contributed by atoms with Crippen molar-refractivity contribution >= 4 is 11.6 Å². The summed E-state index contributed by atoms with van der Waals surface area (Å²) in [6, 6.07) is 3.44. The molecule has 1 saturated carbocycles. The first kappa shape index (κ1) is 12.1. The zero-order valence-electron chi connectivity index (χ0n) is 9.28. The molecule has 0 spiro atoms. The fourth-order valence-corrected chi connectivity index (χ4v) is 1.73. The number of hydrogen-bond acceptors (Lipinski definition) is 4. The smallest absolute Gasteiger partial charge is 0.166 e. The average molecular weight is 216 g/mol. The molecule has 1 fully saturated rings. The van der Waals surface area contributed by atoms with Crippen LogP contribution in [0.5, 0.6) is 0 Å². The van der Waals surface area contributed by atoms with Crippen LogP contribution in [0.1, 0.15) is 26.7 Å². The summed E-state index contributed by atoms with van der Waals surface area (Å²) in [5, 5.41) is 17.2. The van der Waals surface area contributed by atoms with Gasteiger partial charge in [0.1, 0.15) is 0 Å². The van der Waals surface area contributed by atoms with Crippen LogP contribution in [0.15, 0.2) is 11.6 Å². The van der Waals surface area contributed by atoms with E-state index in [1.807, 2.05) is 13.8 Å². The van der Waals surface area contributed by atoms with Crippen LogP contribution in [-0.4, -0.2) is 11.6 Å². The number of ketones is 2. The van der Waals surface area contributed by atoms with Gasteiger partial charge in [0, 0.05) is 12.8 Å². The number of carbonyl (C=O) groups excluding carboxylic acids is 2. The van der Waals surface area contributed by atoms with E-state index in [0.717, 1.165) is 0 Å². The molecule has 16 heavy (non-hydrogen) atoms. The van der Waals surface area contributed by atoms with E-state index in [1.54, 1.807) is 12.1 Å². The van der Waals surface area contributed by atoms with E-state index in [9.17, 15) is 9.59 Å². The van der Waals surface area contributed by atoms with E-state index in [0.29, 0.717) is 0 Å². The molecule has 0 atom stereocenters. The minimum atomic E-state index is -1.02. The number of carbonyl (C=O) groups is 2. The fourth-order valence-electron chi connectivity index (χ4n) is 1.73. The maximum absolute atomic E-state index is 11.7. The normalized spacial score (nSPS) is 19.2. The lowest BCUT2D eigenvalue weighted by atomic mass is 9.73. The Morgan fingerprint density at radius 1 is 1.19 bits per heavy atom. The van der Waals surface area contributed by atoms with Gasteiger partial charge in [-0.3, -0.25) is 9.59 Å². The van der Waals surface area contributed by atoms with Crippen molar-refractivity contribution in [1.29, 1.82) is 10.5 Å². The number of rotatable bonds is 1. The van der Waals surface area contributed by atoms with Crippen LogP contribution in [0, 0.1) is 34.0 Å². The first-order valence-corrected chi connectivity index (χ1v) is 4.97. The molecule has 1 rings (SSSR count). The molecule has 4 heteroatoms. The zero-order valence-corrected chi connectivity index (χ0v) is 9.28. The molecule has 0 radical (unpaired) electrons. The Balaban J connectivity index is 3.01. The Labute approximate surface area is 94.2 Å². The van der Waals surface area contributed by atoms with Gasteiger partial charge in [0.05, 0.1) is 17.7 Å². The molecule has 1 aliphatic rings. The van der Waals surface area contributed by atoms with Gasteiger partial charge in [-0.25, -0.2) is 0 Å². The predicted octanol–water partition coefficient (Wildman–Crippen LogP) is 1.53. The molecule has 0 aromatic heterocycles. The Hall–Kier alpha value is -1.94. The highest BCUT2D eigenvalue weighted by Gasteiger charge is 2.35. The van der Waals surface area contributed by atoms with Gasteiger partial charge in [0.25, 0.3) is 0 Å². The van der Waals surface area contributed by atoms with Crippen LogP contribution in [0.25, 0.3) is 0 Å². The average Bonchev–Trinajstić information content (AvgIpc) is 2.15. The van der Waals surface area contributed by atoms with Crippen molar-refractivity contribution < 1.29 is 9.59 Å². The minimum absolute atomic E-state index is 0.0208. The Morgan fingerprint density at radius 3 is 2.00 bits per heavy atom. The second-order valence-electron chi connectivity index (χ2n) is 4.68. The SMILES string of the molecule is CC1(C)CC(=O)C(=CC(C#N)C#N)C(=O)C1. The van der Waals surface area contributed by atoms with Crippen LogP contribution in [0.4, 0.5) is 0 Å². The predicted molar refractivity (Wildman–Crippen MR) is 55.8 cm³/mol. The summed E-state index contributed by atoms with van der Waals surface area (Å²) in [6.07, 6.45) is 1.75. The summed E-state index contributed by atoms with van der Waals surface area (Å²) in [5.41, 5.74) is -0.298. The third kappa shape index (κ3) is 2.55. The summed E-state index contributed by atoms with van der Waals surface area (Å²) in [4.78, 5) is 23.4. The molecule has 0 aromatic carbocycles. The van der Waals surface area contributed by atoms with E-state index in [2.05, 4.69) is 0 Å². The second kappa shape index (κ2) is 4.28. The van der Waals surface area contributed by atoms with E-state index >= 15 is 0 Å². The lowest BCUT2D eigenvalue weighted by molar-refractivity contribution is -0.127. The molecular weight excluding hydrogens is 204 g/mol. The van der Waals surface area contributed by atoms with Crippen LogP contribution >= 0.6 is 0 Å². The van der Waals surface area contributed by atoms with Crippen molar-refractivity contribution in [3.63, 3.8) is 0 Å². The van der Waals surface area contributed by atoms with Crippen molar-refractivity contribution in [2.45, 2.75) is 26.7 Å². The van der Waals surface area contributed by atoms with Gasteiger partial charge in [-0.15, -0.1) is 0 Å². The highest BCUT2D eigenvalue weighted by atomic mass is 16.1. The van der Waals surface area contributed by atoms with Gasteiger partial charge < -0.3 is 0 Å². The van der Waals surface area contributed by atoms with Crippen LogP contribution in [-0.2, 0) is 9.59 Å². The molecule has 0 unspecified atom stereocenters. The van der Waals surface area contributed by atoms with Crippen molar-refractivity contribution in [2.24, 2.45) is 11.3 Å². The second-order valence-corrected chi connectivity index (χ2v) is 4.68. The number of nitriles is 2. The van der Waals surface area contributed by atoms with E-state index in [1.165, 1.54) is 6.08 Å². The van der Waals surface area contributed by atoms with E-state index in [-0.39, 0.29) is 35.4 Å². The highest BCUT2D eigenvalue weighted by molar-refractivity contribution is 6.22. The topological polar surface area (TPSA) is 81.7 Å². The number of Topliss-reactive ketones (excluding diaryl/α,β-unsaturated/α-hetero) is 2. The number of hydrogen-bond donors (Lipinski definition) is 0. The summed E-state index contributed by atoms with van der Waals surface area (Å²) in [5.74, 6) is -1.56. The van der Waals surface area contributed by atoms with Gasteiger partial charge in [0.15, 0.2) is 17.5 Å². The molecule has 4 nitrogen and oxygen atoms in total. The quantitative estimate of drug-likeness (QED) is 0.491. The summed E-state index contributed by atoms with van der Waals surface area (Å²) in [7, 11) is 0. The third-order valence-corrected chi connectivity index (χ3v) is 2.49. The Kier molecular flexibility index (Phi) is 3.25. The van der Waals surface area contributed by atoms with Crippen LogP contribution < -0.4 is 0 Å². The van der Waals surface area contributed by atoms with Crippen molar-refractivity contribution in [3.8, 4) is 12.1 Å². The largest absolute Gasteiger partial charge is 0.294 e. The van der Waals surface area contributed by atoms with Crippen molar-refractivity contribution in [1.82, 2.24) is 0 Å². The van der Waals surface area contributed by atoms with Crippen molar-refractivity contribution in [2.75, 3.05) is 0 Å². The molecule has 1 aliphatic carbocycles. The Morgan fingerprint density at radius 2 is 1.62 bits per heavy atom. The molecular formula is C12H12N2O2. The molecule has 0 amide bonds. The van der Waals surface area contributed by atoms with Gasteiger partial charge in [-0.05, 0) is 11.5 Å². The minimum Gasteiger partial charge on any atom is -0.294 e. The van der Waals surface area contributed by atoms with E-state index < -0.39 is 5.92 Å². The molecule has 0 heterocycles. The monoisotopic (exact) mass is 216 g/mol. The number of nitrogens with zero attached hydrogens (tertiary/aromatic N) is 2. The van der Waals surface area contributed by atoms with Crippen molar-refractivity contribution in [3.05, 3.63) is 11.6 Å². The zero-order chi connectivity index (χ0) is 12.3. The molecule has 0 aromatic rings. The molecule has 0 N–H and O–H groups in total. The standard InChI is InChI=1S/C12H12N2O2/c1-12(2)4-10(15)9(11(16)5-12)3-8(6-13)7-14/h3,8H,4-5H2,1-2H3. The molecule has 82 valence electrons. The third-order valence-electron chi connectivity index (χ3n) is 2.49. The van der Waals surface area contributed by atoms with Crippen LogP contribution in [0.3, 0.4) is 0 Å². The Bertz CT molecular complexity index is 411. The lowest BCUT2D eigenvalue weighted by Crippen LogP contribution is -2.31. The number of allylic oxidation sites excluding steroid dienone is 2. The van der Waals surface area contributed by atoms with Crippen LogP contribution in [0.2, 0.25) is 0 Å².